The van der Waals surface area contributed by atoms with Crippen LogP contribution in [0.5, 0.6) is 5.88 Å². The number of rotatable bonds is 8. The maximum Gasteiger partial charge on any atom is 0.213 e. The van der Waals surface area contributed by atoms with Crippen LogP contribution < -0.4 is 15.4 Å². The Morgan fingerprint density at radius 2 is 1.94 bits per heavy atom. The monoisotopic (exact) mass is 418 g/mol. The average Bonchev–Trinajstić information content (AvgIpc) is 3.55. The molecular formula is C24H30N6O. The summed E-state index contributed by atoms with van der Waals surface area (Å²) in [6.45, 7) is 6.13. The number of para-hydroxylation sites is 1. The molecule has 1 saturated carbocycles. The van der Waals surface area contributed by atoms with E-state index in [0.29, 0.717) is 24.9 Å². The summed E-state index contributed by atoms with van der Waals surface area (Å²) in [5.41, 5.74) is 5.45. The number of benzene rings is 1. The van der Waals surface area contributed by atoms with Crippen LogP contribution in [-0.2, 0) is 13.1 Å². The highest BCUT2D eigenvalue weighted by Gasteiger charge is 2.22. The molecule has 162 valence electrons. The van der Waals surface area contributed by atoms with E-state index in [4.69, 9.17) is 4.74 Å². The van der Waals surface area contributed by atoms with Crippen molar-refractivity contribution in [2.75, 3.05) is 13.7 Å². The Morgan fingerprint density at radius 3 is 2.68 bits per heavy atom. The summed E-state index contributed by atoms with van der Waals surface area (Å²) in [5, 5.41) is 11.4. The van der Waals surface area contributed by atoms with Crippen molar-refractivity contribution in [1.82, 2.24) is 25.4 Å². The lowest BCUT2D eigenvalue weighted by Gasteiger charge is -2.15. The number of hydrogen-bond acceptors (Lipinski definition) is 4. The number of aryl methyl sites for hydroxylation is 2. The largest absolute Gasteiger partial charge is 0.477 e. The predicted molar refractivity (Wildman–Crippen MR) is 123 cm³/mol. The van der Waals surface area contributed by atoms with Gasteiger partial charge in [0.1, 0.15) is 0 Å². The van der Waals surface area contributed by atoms with Gasteiger partial charge in [0.05, 0.1) is 18.0 Å². The molecule has 0 spiro atoms. The smallest absolute Gasteiger partial charge is 0.213 e. The van der Waals surface area contributed by atoms with Crippen molar-refractivity contribution >= 4 is 5.96 Å². The summed E-state index contributed by atoms with van der Waals surface area (Å²) in [4.78, 5) is 8.66. The van der Waals surface area contributed by atoms with E-state index in [1.165, 1.54) is 12.8 Å². The van der Waals surface area contributed by atoms with Crippen LogP contribution in [0.4, 0.5) is 0 Å². The number of pyridine rings is 1. The number of aromatic nitrogens is 3. The first-order chi connectivity index (χ1) is 15.1. The molecule has 0 amide bonds. The molecule has 7 nitrogen and oxygen atoms in total. The number of nitrogens with zero attached hydrogens (tertiary/aromatic N) is 4. The predicted octanol–water partition coefficient (Wildman–Crippen LogP) is 3.54. The van der Waals surface area contributed by atoms with Gasteiger partial charge in [-0.1, -0.05) is 18.2 Å². The van der Waals surface area contributed by atoms with Crippen molar-refractivity contribution in [3.63, 3.8) is 0 Å². The van der Waals surface area contributed by atoms with Crippen LogP contribution >= 0.6 is 0 Å². The summed E-state index contributed by atoms with van der Waals surface area (Å²) >= 11 is 0. The normalized spacial score (nSPS) is 13.8. The Morgan fingerprint density at radius 1 is 1.13 bits per heavy atom. The van der Waals surface area contributed by atoms with Crippen molar-refractivity contribution in [3.05, 3.63) is 71.2 Å². The molecular weight excluding hydrogens is 388 g/mol. The summed E-state index contributed by atoms with van der Waals surface area (Å²) in [7, 11) is 1.78. The topological polar surface area (TPSA) is 76.4 Å². The standard InChI is InChI=1S/C24H30N6O/c1-17-12-18(2)30(29-17)22-7-5-4-6-21(22)15-28-24(25-3)27-14-20-10-11-26-23(13-20)31-16-19-8-9-19/h4-7,10-13,19H,8-9,14-16H2,1-3H3,(H2,25,27,28). The molecule has 1 fully saturated rings. The molecule has 0 saturated heterocycles. The Kier molecular flexibility index (Phi) is 6.50. The summed E-state index contributed by atoms with van der Waals surface area (Å²) in [6.07, 6.45) is 4.33. The first kappa shape index (κ1) is 20.9. The molecule has 3 aromatic rings. The zero-order valence-electron chi connectivity index (χ0n) is 18.4. The van der Waals surface area contributed by atoms with E-state index in [1.54, 1.807) is 13.2 Å². The van der Waals surface area contributed by atoms with E-state index >= 15 is 0 Å². The third-order valence-electron chi connectivity index (χ3n) is 5.32. The molecule has 1 aliphatic rings. The molecule has 4 rings (SSSR count). The van der Waals surface area contributed by atoms with Crippen LogP contribution in [0.2, 0.25) is 0 Å². The van der Waals surface area contributed by atoms with Gasteiger partial charge in [-0.15, -0.1) is 0 Å². The fourth-order valence-electron chi connectivity index (χ4n) is 3.45. The van der Waals surface area contributed by atoms with Gasteiger partial charge in [-0.25, -0.2) is 9.67 Å². The molecule has 0 bridgehead atoms. The second-order valence-electron chi connectivity index (χ2n) is 8.00. The SMILES string of the molecule is CN=C(NCc1ccnc(OCC2CC2)c1)NCc1ccccc1-n1nc(C)cc1C. The quantitative estimate of drug-likeness (QED) is 0.432. The molecule has 0 atom stereocenters. The van der Waals surface area contributed by atoms with Crippen LogP contribution in [0.25, 0.3) is 5.69 Å². The van der Waals surface area contributed by atoms with Gasteiger partial charge in [-0.2, -0.15) is 5.10 Å². The number of aliphatic imine (C=N–C) groups is 1. The maximum absolute atomic E-state index is 5.78. The Labute approximate surface area is 183 Å². The molecule has 2 N–H and O–H groups in total. The molecule has 2 heterocycles. The summed E-state index contributed by atoms with van der Waals surface area (Å²) in [6, 6.07) is 14.3. The highest BCUT2D eigenvalue weighted by atomic mass is 16.5. The van der Waals surface area contributed by atoms with Gasteiger partial charge in [0.25, 0.3) is 0 Å². The van der Waals surface area contributed by atoms with E-state index in [0.717, 1.165) is 40.8 Å². The van der Waals surface area contributed by atoms with Crippen LogP contribution in [0.15, 0.2) is 53.7 Å². The summed E-state index contributed by atoms with van der Waals surface area (Å²) < 4.78 is 7.77. The fraction of sp³-hybridized carbons (Fsp3) is 0.375. The molecule has 0 aliphatic heterocycles. The zero-order chi connectivity index (χ0) is 21.6. The number of ether oxygens (including phenoxy) is 1. The molecule has 1 aromatic carbocycles. The third kappa shape index (κ3) is 5.63. The first-order valence-electron chi connectivity index (χ1n) is 10.8. The highest BCUT2D eigenvalue weighted by molar-refractivity contribution is 5.79. The van der Waals surface area contributed by atoms with E-state index in [2.05, 4.69) is 50.8 Å². The van der Waals surface area contributed by atoms with Gasteiger partial charge in [0, 0.05) is 38.1 Å². The molecule has 1 aliphatic carbocycles. The third-order valence-corrected chi connectivity index (χ3v) is 5.32. The Hall–Kier alpha value is -3.35. The average molecular weight is 419 g/mol. The zero-order valence-corrected chi connectivity index (χ0v) is 18.4. The van der Waals surface area contributed by atoms with Crippen molar-refractivity contribution in [2.24, 2.45) is 10.9 Å². The molecule has 2 aromatic heterocycles. The van der Waals surface area contributed by atoms with Crippen LogP contribution in [-0.4, -0.2) is 34.4 Å². The van der Waals surface area contributed by atoms with E-state index in [9.17, 15) is 0 Å². The minimum Gasteiger partial charge on any atom is -0.477 e. The minimum absolute atomic E-state index is 0.639. The van der Waals surface area contributed by atoms with Crippen molar-refractivity contribution in [3.8, 4) is 11.6 Å². The van der Waals surface area contributed by atoms with Crippen molar-refractivity contribution in [2.45, 2.75) is 39.8 Å². The molecule has 7 heteroatoms. The van der Waals surface area contributed by atoms with Gasteiger partial charge in [0.15, 0.2) is 5.96 Å². The minimum atomic E-state index is 0.639. The van der Waals surface area contributed by atoms with Crippen LogP contribution in [0.3, 0.4) is 0 Å². The van der Waals surface area contributed by atoms with Crippen molar-refractivity contribution in [1.29, 1.82) is 0 Å². The van der Waals surface area contributed by atoms with E-state index in [-0.39, 0.29) is 0 Å². The lowest BCUT2D eigenvalue weighted by Crippen LogP contribution is -2.36. The maximum atomic E-state index is 5.78. The Bertz CT molecular complexity index is 1050. The van der Waals surface area contributed by atoms with Gasteiger partial charge in [0.2, 0.25) is 5.88 Å². The van der Waals surface area contributed by atoms with Gasteiger partial charge in [-0.3, -0.25) is 4.99 Å². The number of guanidine groups is 1. The van der Waals surface area contributed by atoms with E-state index < -0.39 is 0 Å². The lowest BCUT2D eigenvalue weighted by atomic mass is 10.1. The van der Waals surface area contributed by atoms with Crippen LogP contribution in [0.1, 0.15) is 35.4 Å². The Balaban J connectivity index is 1.35. The lowest BCUT2D eigenvalue weighted by molar-refractivity contribution is 0.288. The van der Waals surface area contributed by atoms with Gasteiger partial charge >= 0.3 is 0 Å². The summed E-state index contributed by atoms with van der Waals surface area (Å²) in [5.74, 6) is 2.14. The highest BCUT2D eigenvalue weighted by Crippen LogP contribution is 2.29. The van der Waals surface area contributed by atoms with Gasteiger partial charge < -0.3 is 15.4 Å². The van der Waals surface area contributed by atoms with Crippen LogP contribution in [0, 0.1) is 19.8 Å². The number of nitrogens with one attached hydrogen (secondary N) is 2. The van der Waals surface area contributed by atoms with Crippen molar-refractivity contribution < 1.29 is 4.74 Å². The first-order valence-corrected chi connectivity index (χ1v) is 10.8. The van der Waals surface area contributed by atoms with E-state index in [1.807, 2.05) is 35.9 Å². The van der Waals surface area contributed by atoms with Gasteiger partial charge in [-0.05, 0) is 61.9 Å². The molecule has 0 radical (unpaired) electrons. The fourth-order valence-corrected chi connectivity index (χ4v) is 3.45. The second kappa shape index (κ2) is 9.64. The second-order valence-corrected chi connectivity index (χ2v) is 8.00. The molecule has 0 unspecified atom stereocenters. The molecule has 31 heavy (non-hydrogen) atoms. The number of hydrogen-bond donors (Lipinski definition) is 2.